The minimum absolute atomic E-state index is 0.405. The summed E-state index contributed by atoms with van der Waals surface area (Å²) < 4.78 is 0. The minimum Gasteiger partial charge on any atom is -0.208 e. The van der Waals surface area contributed by atoms with Gasteiger partial charge in [-0.3, -0.25) is 0 Å². The Kier molecular flexibility index (Phi) is 7.01. The van der Waals surface area contributed by atoms with Crippen LogP contribution in [0, 0.1) is 0 Å². The summed E-state index contributed by atoms with van der Waals surface area (Å²) in [7, 11) is 0. The lowest BCUT2D eigenvalue weighted by Gasteiger charge is -2.40. The van der Waals surface area contributed by atoms with E-state index in [-0.39, 0.29) is 0 Å². The van der Waals surface area contributed by atoms with E-state index in [4.69, 9.17) is 15.0 Å². The molecule has 0 fully saturated rings. The summed E-state index contributed by atoms with van der Waals surface area (Å²) in [5.74, 6) is 1.96. The third kappa shape index (κ3) is 4.74. The first-order valence-corrected chi connectivity index (χ1v) is 19.1. The van der Waals surface area contributed by atoms with E-state index in [0.29, 0.717) is 17.5 Å². The van der Waals surface area contributed by atoms with Crippen molar-refractivity contribution in [3.63, 3.8) is 0 Å². The van der Waals surface area contributed by atoms with Gasteiger partial charge in [0.25, 0.3) is 0 Å². The van der Waals surface area contributed by atoms with E-state index in [0.717, 1.165) is 27.6 Å². The summed E-state index contributed by atoms with van der Waals surface area (Å²) in [6.07, 6.45) is 0. The molecule has 0 unspecified atom stereocenters. The molecule has 1 aliphatic carbocycles. The van der Waals surface area contributed by atoms with Crippen molar-refractivity contribution in [1.29, 1.82) is 0 Å². The van der Waals surface area contributed by atoms with Gasteiger partial charge in [-0.25, -0.2) is 15.0 Å². The SMILES string of the molecule is c1ccc(-c2nc(-c3ccc(-c4ccc5c(c4)C4(c6ccccc6S5)c5ccccc5-c5ccccc54)cc3)nc(-c3ccc4ccccc4c3)n2)cc1. The molecule has 4 heteroatoms. The Morgan fingerprint density at radius 3 is 1.54 bits per heavy atom. The molecule has 0 radical (unpaired) electrons. The Hall–Kier alpha value is -6.62. The van der Waals surface area contributed by atoms with Crippen LogP contribution in [0.1, 0.15) is 22.3 Å². The third-order valence-electron chi connectivity index (χ3n) is 11.0. The van der Waals surface area contributed by atoms with Gasteiger partial charge < -0.3 is 0 Å². The zero-order chi connectivity index (χ0) is 35.6. The van der Waals surface area contributed by atoms with Gasteiger partial charge in [0.2, 0.25) is 0 Å². The van der Waals surface area contributed by atoms with Crippen molar-refractivity contribution in [3.8, 4) is 56.4 Å². The molecule has 3 nitrogen and oxygen atoms in total. The van der Waals surface area contributed by atoms with Crippen LogP contribution in [-0.4, -0.2) is 15.0 Å². The predicted molar refractivity (Wildman–Crippen MR) is 221 cm³/mol. The summed E-state index contributed by atoms with van der Waals surface area (Å²) >= 11 is 1.87. The van der Waals surface area contributed by atoms with Gasteiger partial charge in [-0.05, 0) is 79.5 Å². The van der Waals surface area contributed by atoms with Crippen molar-refractivity contribution in [3.05, 3.63) is 210 Å². The number of fused-ring (bicyclic) bond motifs is 10. The lowest BCUT2D eigenvalue weighted by molar-refractivity contribution is 0.723. The predicted octanol–water partition coefficient (Wildman–Crippen LogP) is 12.5. The number of aromatic nitrogens is 3. The number of hydrogen-bond donors (Lipinski definition) is 0. The van der Waals surface area contributed by atoms with E-state index in [2.05, 4.69) is 158 Å². The van der Waals surface area contributed by atoms with E-state index in [1.54, 1.807) is 0 Å². The van der Waals surface area contributed by atoms with Crippen LogP contribution in [0.25, 0.3) is 67.2 Å². The molecule has 252 valence electrons. The van der Waals surface area contributed by atoms with Crippen molar-refractivity contribution in [2.45, 2.75) is 15.2 Å². The maximum atomic E-state index is 5.05. The summed E-state index contributed by atoms with van der Waals surface area (Å²) in [6, 6.07) is 67.5. The quantitative estimate of drug-likeness (QED) is 0.183. The molecule has 0 saturated heterocycles. The highest BCUT2D eigenvalue weighted by atomic mass is 32.2. The van der Waals surface area contributed by atoms with E-state index >= 15 is 0 Å². The minimum atomic E-state index is -0.405. The first kappa shape index (κ1) is 31.0. The van der Waals surface area contributed by atoms with Crippen molar-refractivity contribution >= 4 is 22.5 Å². The van der Waals surface area contributed by atoms with Crippen LogP contribution in [0.3, 0.4) is 0 Å². The normalized spacial score (nSPS) is 13.3. The van der Waals surface area contributed by atoms with Gasteiger partial charge in [0, 0.05) is 26.5 Å². The molecule has 8 aromatic carbocycles. The maximum absolute atomic E-state index is 5.05. The highest BCUT2D eigenvalue weighted by Gasteiger charge is 2.50. The molecule has 0 amide bonds. The van der Waals surface area contributed by atoms with Crippen LogP contribution in [0.5, 0.6) is 0 Å². The Balaban J connectivity index is 1.04. The number of hydrogen-bond acceptors (Lipinski definition) is 4. The molecule has 0 N–H and O–H groups in total. The van der Waals surface area contributed by atoms with Crippen LogP contribution >= 0.6 is 11.8 Å². The third-order valence-corrected chi connectivity index (χ3v) is 12.2. The van der Waals surface area contributed by atoms with Crippen LogP contribution in [0.2, 0.25) is 0 Å². The standard InChI is InChI=1S/C50H31N3S/c1-2-13-34(14-3-1)47-51-48(53-49(52-47)38-27-24-32-12-4-5-15-36(32)30-38)35-25-22-33(23-26-35)37-28-29-46-44(31-37)50(43-20-10-11-21-45(43)54-46)41-18-8-6-16-39(41)40-17-7-9-19-42(40)50/h1-31H. The van der Waals surface area contributed by atoms with Gasteiger partial charge in [-0.2, -0.15) is 0 Å². The Bertz CT molecular complexity index is 2870. The Morgan fingerprint density at radius 2 is 0.815 bits per heavy atom. The Morgan fingerprint density at radius 1 is 0.315 bits per heavy atom. The molecule has 1 aliphatic heterocycles. The molecule has 2 aliphatic rings. The van der Waals surface area contributed by atoms with Crippen molar-refractivity contribution < 1.29 is 0 Å². The second kappa shape index (κ2) is 12.2. The zero-order valence-electron chi connectivity index (χ0n) is 29.1. The van der Waals surface area contributed by atoms with E-state index in [9.17, 15) is 0 Å². The zero-order valence-corrected chi connectivity index (χ0v) is 30.0. The van der Waals surface area contributed by atoms with Gasteiger partial charge in [-0.15, -0.1) is 0 Å². The molecule has 54 heavy (non-hydrogen) atoms. The lowest BCUT2D eigenvalue weighted by atomic mass is 9.67. The molecule has 0 bridgehead atoms. The number of benzene rings is 8. The monoisotopic (exact) mass is 705 g/mol. The van der Waals surface area contributed by atoms with Crippen molar-refractivity contribution in [2.24, 2.45) is 0 Å². The van der Waals surface area contributed by atoms with Crippen LogP contribution < -0.4 is 0 Å². The molecular weight excluding hydrogens is 675 g/mol. The molecule has 11 rings (SSSR count). The van der Waals surface area contributed by atoms with Crippen molar-refractivity contribution in [2.75, 3.05) is 0 Å². The van der Waals surface area contributed by atoms with Crippen molar-refractivity contribution in [1.82, 2.24) is 15.0 Å². The number of rotatable bonds is 4. The maximum Gasteiger partial charge on any atom is 0.164 e. The van der Waals surface area contributed by atoms with Gasteiger partial charge in [0.1, 0.15) is 0 Å². The topological polar surface area (TPSA) is 38.7 Å². The van der Waals surface area contributed by atoms with E-state index < -0.39 is 5.41 Å². The van der Waals surface area contributed by atoms with Gasteiger partial charge in [-0.1, -0.05) is 176 Å². The average molecular weight is 706 g/mol. The van der Waals surface area contributed by atoms with Gasteiger partial charge in [0.05, 0.1) is 5.41 Å². The average Bonchev–Trinajstić information content (AvgIpc) is 3.54. The van der Waals surface area contributed by atoms with E-state index in [1.165, 1.54) is 54.1 Å². The molecule has 0 atom stereocenters. The van der Waals surface area contributed by atoms with Crippen LogP contribution in [0.4, 0.5) is 0 Å². The van der Waals surface area contributed by atoms with E-state index in [1.807, 2.05) is 42.1 Å². The molecule has 9 aromatic rings. The summed E-state index contributed by atoms with van der Waals surface area (Å²) in [5, 5.41) is 2.34. The van der Waals surface area contributed by atoms with Crippen LogP contribution in [-0.2, 0) is 5.41 Å². The van der Waals surface area contributed by atoms with Gasteiger partial charge >= 0.3 is 0 Å². The fourth-order valence-corrected chi connectivity index (χ4v) is 9.70. The highest BCUT2D eigenvalue weighted by Crippen LogP contribution is 2.62. The van der Waals surface area contributed by atoms with Crippen LogP contribution in [0.15, 0.2) is 198 Å². The Labute approximate surface area is 318 Å². The van der Waals surface area contributed by atoms with Gasteiger partial charge in [0.15, 0.2) is 17.5 Å². The molecular formula is C50H31N3S. The first-order chi connectivity index (χ1) is 26.7. The second-order valence-electron chi connectivity index (χ2n) is 14.0. The fourth-order valence-electron chi connectivity index (χ4n) is 8.53. The summed E-state index contributed by atoms with van der Waals surface area (Å²) in [5.41, 5.74) is 12.8. The highest BCUT2D eigenvalue weighted by molar-refractivity contribution is 7.99. The largest absolute Gasteiger partial charge is 0.208 e. The smallest absolute Gasteiger partial charge is 0.164 e. The second-order valence-corrected chi connectivity index (χ2v) is 15.0. The fraction of sp³-hybridized carbons (Fsp3) is 0.0200. The molecule has 1 spiro atoms. The molecule has 0 saturated carbocycles. The molecule has 1 aromatic heterocycles. The molecule has 2 heterocycles. The number of nitrogens with zero attached hydrogens (tertiary/aromatic N) is 3. The summed E-state index contributed by atoms with van der Waals surface area (Å²) in [4.78, 5) is 17.6. The first-order valence-electron chi connectivity index (χ1n) is 18.3. The summed E-state index contributed by atoms with van der Waals surface area (Å²) in [6.45, 7) is 0. The lowest BCUT2D eigenvalue weighted by Crippen LogP contribution is -2.32.